The van der Waals surface area contributed by atoms with E-state index in [1.165, 1.54) is 43.7 Å². The maximum absolute atomic E-state index is 4.90. The van der Waals surface area contributed by atoms with E-state index in [1.807, 2.05) is 0 Å². The van der Waals surface area contributed by atoms with Crippen LogP contribution in [-0.2, 0) is 0 Å². The Morgan fingerprint density at radius 1 is 0.769 bits per heavy atom. The molecule has 2 heteroatoms. The summed E-state index contributed by atoms with van der Waals surface area (Å²) in [7, 11) is 0. The molecule has 122 valence electrons. The second-order valence-corrected chi connectivity index (χ2v) is 6.90. The highest BCUT2D eigenvalue weighted by Crippen LogP contribution is 2.34. The number of rotatable bonds is 1. The van der Waals surface area contributed by atoms with Crippen LogP contribution in [0.15, 0.2) is 90.0 Å². The zero-order chi connectivity index (χ0) is 17.1. The highest BCUT2D eigenvalue weighted by Gasteiger charge is 2.20. The van der Waals surface area contributed by atoms with Crippen LogP contribution in [0.3, 0.4) is 0 Å². The number of allylic oxidation sites excluding steroid dienone is 2. The third-order valence-electron chi connectivity index (χ3n) is 5.44. The summed E-state index contributed by atoms with van der Waals surface area (Å²) in [6.07, 6.45) is 6.75. The van der Waals surface area contributed by atoms with Crippen molar-refractivity contribution in [3.8, 4) is 0 Å². The number of hydrogen-bond acceptors (Lipinski definition) is 1. The summed E-state index contributed by atoms with van der Waals surface area (Å²) in [5, 5.41) is 4.90. The topological polar surface area (TPSA) is 28.1 Å². The van der Waals surface area contributed by atoms with E-state index >= 15 is 0 Å². The van der Waals surface area contributed by atoms with Gasteiger partial charge < -0.3 is 4.98 Å². The van der Waals surface area contributed by atoms with E-state index < -0.39 is 0 Å². The second-order valence-electron chi connectivity index (χ2n) is 6.90. The normalized spacial score (nSPS) is 17.9. The van der Waals surface area contributed by atoms with Crippen LogP contribution in [0.1, 0.15) is 5.56 Å². The predicted molar refractivity (Wildman–Crippen MR) is 107 cm³/mol. The number of nitrogens with one attached hydrogen (secondary N) is 1. The lowest BCUT2D eigenvalue weighted by Gasteiger charge is -2.14. The molecule has 1 unspecified atom stereocenters. The fourth-order valence-corrected chi connectivity index (χ4v) is 4.22. The molecule has 6 rings (SSSR count). The number of H-pyrrole nitrogens is 1. The molecular formula is C24H16N2. The molecular weight excluding hydrogens is 316 g/mol. The van der Waals surface area contributed by atoms with Gasteiger partial charge in [0.1, 0.15) is 0 Å². The van der Waals surface area contributed by atoms with E-state index in [0.717, 1.165) is 5.36 Å². The monoisotopic (exact) mass is 332 g/mol. The Morgan fingerprint density at radius 2 is 1.62 bits per heavy atom. The van der Waals surface area contributed by atoms with Crippen LogP contribution >= 0.6 is 0 Å². The zero-order valence-corrected chi connectivity index (χ0v) is 14.1. The molecule has 1 N–H and O–H groups in total. The highest BCUT2D eigenvalue weighted by atomic mass is 14.8. The van der Waals surface area contributed by atoms with Crippen molar-refractivity contribution in [3.05, 3.63) is 101 Å². The van der Waals surface area contributed by atoms with Gasteiger partial charge in [-0.05, 0) is 29.4 Å². The molecule has 1 atom stereocenters. The van der Waals surface area contributed by atoms with Gasteiger partial charge in [0, 0.05) is 27.1 Å². The Kier molecular flexibility index (Phi) is 2.69. The zero-order valence-electron chi connectivity index (χ0n) is 14.1. The fraction of sp³-hybridized carbons (Fsp3) is 0.0417. The first-order chi connectivity index (χ1) is 12.9. The molecule has 2 heterocycles. The molecule has 0 saturated carbocycles. The summed E-state index contributed by atoms with van der Waals surface area (Å²) in [4.78, 5) is 8.51. The van der Waals surface area contributed by atoms with Gasteiger partial charge in [-0.3, -0.25) is 4.99 Å². The molecule has 0 saturated heterocycles. The van der Waals surface area contributed by atoms with Crippen molar-refractivity contribution in [2.75, 3.05) is 0 Å². The van der Waals surface area contributed by atoms with Crippen LogP contribution in [-0.4, -0.2) is 11.0 Å². The molecule has 26 heavy (non-hydrogen) atoms. The lowest BCUT2D eigenvalue weighted by Crippen LogP contribution is -2.21. The molecule has 1 aliphatic heterocycles. The number of nitrogens with zero attached hydrogens (tertiary/aromatic N) is 1. The summed E-state index contributed by atoms with van der Waals surface area (Å²) in [5.74, 6) is 0. The van der Waals surface area contributed by atoms with Gasteiger partial charge in [0.15, 0.2) is 0 Å². The van der Waals surface area contributed by atoms with Crippen molar-refractivity contribution in [2.24, 2.45) is 4.99 Å². The predicted octanol–water partition coefficient (Wildman–Crippen LogP) is 4.13. The van der Waals surface area contributed by atoms with Crippen LogP contribution in [0, 0.1) is 0 Å². The van der Waals surface area contributed by atoms with E-state index in [9.17, 15) is 0 Å². The van der Waals surface area contributed by atoms with E-state index in [-0.39, 0.29) is 6.04 Å². The van der Waals surface area contributed by atoms with Gasteiger partial charge in [-0.15, -0.1) is 0 Å². The van der Waals surface area contributed by atoms with Crippen LogP contribution in [0.5, 0.6) is 0 Å². The summed E-state index contributed by atoms with van der Waals surface area (Å²) in [6, 6.07) is 23.5. The summed E-state index contributed by atoms with van der Waals surface area (Å²) >= 11 is 0. The summed E-state index contributed by atoms with van der Waals surface area (Å²) < 4.78 is 0. The molecule has 0 spiro atoms. The average molecular weight is 332 g/mol. The summed E-state index contributed by atoms with van der Waals surface area (Å²) in [6.45, 7) is 0. The van der Waals surface area contributed by atoms with Crippen LogP contribution in [0.4, 0.5) is 0 Å². The minimum Gasteiger partial charge on any atom is -0.354 e. The third-order valence-corrected chi connectivity index (χ3v) is 5.44. The first kappa shape index (κ1) is 13.9. The number of aromatic amines is 1. The Bertz CT molecular complexity index is 1380. The number of hydrogen-bond donors (Lipinski definition) is 1. The second kappa shape index (κ2) is 5.06. The molecule has 2 aliphatic rings. The largest absolute Gasteiger partial charge is 0.354 e. The fourth-order valence-electron chi connectivity index (χ4n) is 4.22. The summed E-state index contributed by atoms with van der Waals surface area (Å²) in [5.41, 5.74) is 6.14. The maximum Gasteiger partial charge on any atom is 0.0953 e. The molecule has 2 nitrogen and oxygen atoms in total. The minimum absolute atomic E-state index is 0.118. The number of fused-ring (bicyclic) bond motifs is 5. The molecule has 1 aliphatic carbocycles. The number of benzene rings is 3. The lowest BCUT2D eigenvalue weighted by atomic mass is 9.92. The molecule has 4 aromatic rings. The van der Waals surface area contributed by atoms with E-state index in [2.05, 4.69) is 89.9 Å². The van der Waals surface area contributed by atoms with Gasteiger partial charge in [0.2, 0.25) is 0 Å². The van der Waals surface area contributed by atoms with Crippen molar-refractivity contribution in [3.63, 3.8) is 0 Å². The maximum atomic E-state index is 4.90. The molecule has 0 radical (unpaired) electrons. The van der Waals surface area contributed by atoms with E-state index in [0.29, 0.717) is 0 Å². The Labute approximate surface area is 150 Å². The van der Waals surface area contributed by atoms with Gasteiger partial charge in [0.05, 0.1) is 16.9 Å². The molecule has 0 amide bonds. The number of aromatic nitrogens is 1. The quantitative estimate of drug-likeness (QED) is 0.543. The Balaban J connectivity index is 1.57. The van der Waals surface area contributed by atoms with E-state index in [1.54, 1.807) is 0 Å². The lowest BCUT2D eigenvalue weighted by molar-refractivity contribution is 1.03. The van der Waals surface area contributed by atoms with Gasteiger partial charge in [-0.25, -0.2) is 0 Å². The van der Waals surface area contributed by atoms with Crippen molar-refractivity contribution in [1.29, 1.82) is 0 Å². The molecule has 1 aromatic heterocycles. The molecule has 0 bridgehead atoms. The first-order valence-electron chi connectivity index (χ1n) is 8.95. The standard InChI is InChI=1S/C24H16N2/c1-3-10-21-17(6-1)19-13-12-15(14-23(19)25-21)16-8-5-9-20-18-7-2-4-11-22(18)26-24(16)20/h1-14,23,26H. The highest BCUT2D eigenvalue weighted by molar-refractivity contribution is 6.11. The molecule has 0 fully saturated rings. The van der Waals surface area contributed by atoms with E-state index in [4.69, 9.17) is 4.99 Å². The van der Waals surface area contributed by atoms with Crippen molar-refractivity contribution < 1.29 is 0 Å². The van der Waals surface area contributed by atoms with Crippen molar-refractivity contribution in [1.82, 2.24) is 4.98 Å². The van der Waals surface area contributed by atoms with Gasteiger partial charge in [0.25, 0.3) is 0 Å². The van der Waals surface area contributed by atoms with Crippen LogP contribution in [0.25, 0.3) is 33.0 Å². The van der Waals surface area contributed by atoms with Crippen LogP contribution < -0.4 is 10.6 Å². The van der Waals surface area contributed by atoms with Gasteiger partial charge in [-0.1, -0.05) is 66.7 Å². The third kappa shape index (κ3) is 1.84. The molecule has 3 aromatic carbocycles. The Morgan fingerprint density at radius 3 is 2.62 bits per heavy atom. The minimum atomic E-state index is 0.118. The average Bonchev–Trinajstić information content (AvgIpc) is 3.25. The SMILES string of the molecule is C1=CC2=c3ccccc3=NC2C=C1c1cccc2c1[nH]c1ccccc12. The first-order valence-corrected chi connectivity index (χ1v) is 8.95. The van der Waals surface area contributed by atoms with Crippen LogP contribution in [0.2, 0.25) is 0 Å². The van der Waals surface area contributed by atoms with Crippen molar-refractivity contribution in [2.45, 2.75) is 6.04 Å². The van der Waals surface area contributed by atoms with Gasteiger partial charge in [-0.2, -0.15) is 0 Å². The number of para-hydroxylation sites is 3. The van der Waals surface area contributed by atoms with Crippen molar-refractivity contribution >= 4 is 33.0 Å². The smallest absolute Gasteiger partial charge is 0.0953 e. The Hall–Kier alpha value is -3.39. The van der Waals surface area contributed by atoms with Gasteiger partial charge >= 0.3 is 0 Å².